The lowest BCUT2D eigenvalue weighted by atomic mass is 9.97. The van der Waals surface area contributed by atoms with Crippen molar-refractivity contribution in [2.24, 2.45) is 5.92 Å². The quantitative estimate of drug-likeness (QED) is 0.852. The van der Waals surface area contributed by atoms with Crippen LogP contribution in [0.25, 0.3) is 10.9 Å². The summed E-state index contributed by atoms with van der Waals surface area (Å²) in [6.07, 6.45) is 1.59. The minimum Gasteiger partial charge on any atom is -0.383 e. The van der Waals surface area contributed by atoms with Crippen molar-refractivity contribution in [2.75, 3.05) is 26.8 Å². The summed E-state index contributed by atoms with van der Waals surface area (Å²) in [5.74, 6) is 0.653. The molecule has 116 valence electrons. The number of nitrogens with zero attached hydrogens (tertiary/aromatic N) is 2. The maximum absolute atomic E-state index is 12.0. The third kappa shape index (κ3) is 3.28. The van der Waals surface area contributed by atoms with E-state index in [2.05, 4.69) is 29.2 Å². The molecule has 1 atom stereocenters. The van der Waals surface area contributed by atoms with Gasteiger partial charge in [0.25, 0.3) is 0 Å². The molecule has 0 aliphatic carbocycles. The van der Waals surface area contributed by atoms with Crippen LogP contribution < -0.4 is 0 Å². The standard InChI is InChI=1S/C18H22N2O2/c1-13-3-5-16-10-14(4-6-17(16)19-13)9-15-11-18(21)20(12-15)7-8-22-2/h3-6,10,15H,7-9,11-12H2,1-2H3/t15-/m0/s1. The Morgan fingerprint density at radius 1 is 1.32 bits per heavy atom. The summed E-state index contributed by atoms with van der Waals surface area (Å²) < 4.78 is 5.06. The number of hydrogen-bond acceptors (Lipinski definition) is 3. The first kappa shape index (κ1) is 15.0. The molecule has 2 heterocycles. The van der Waals surface area contributed by atoms with Gasteiger partial charge in [0.1, 0.15) is 0 Å². The predicted octanol–water partition coefficient (Wildman–Crippen LogP) is 2.58. The number of fused-ring (bicyclic) bond motifs is 1. The van der Waals surface area contributed by atoms with Crippen LogP contribution in [0.4, 0.5) is 0 Å². The van der Waals surface area contributed by atoms with E-state index in [4.69, 9.17) is 4.74 Å². The molecule has 0 radical (unpaired) electrons. The van der Waals surface area contributed by atoms with Gasteiger partial charge in [0.05, 0.1) is 12.1 Å². The summed E-state index contributed by atoms with van der Waals surface area (Å²) in [5.41, 5.74) is 3.35. The highest BCUT2D eigenvalue weighted by molar-refractivity contribution is 5.80. The fraction of sp³-hybridized carbons (Fsp3) is 0.444. The number of amides is 1. The van der Waals surface area contributed by atoms with Crippen LogP contribution in [0, 0.1) is 12.8 Å². The van der Waals surface area contributed by atoms with Crippen molar-refractivity contribution < 1.29 is 9.53 Å². The molecule has 4 nitrogen and oxygen atoms in total. The van der Waals surface area contributed by atoms with Crippen LogP contribution in [0.15, 0.2) is 30.3 Å². The van der Waals surface area contributed by atoms with Gasteiger partial charge >= 0.3 is 0 Å². The molecule has 1 aromatic heterocycles. The SMILES string of the molecule is COCCN1C[C@@H](Cc2ccc3nc(C)ccc3c2)CC1=O. The first-order valence-electron chi connectivity index (χ1n) is 7.78. The Bertz CT molecular complexity index is 684. The average Bonchev–Trinajstić information content (AvgIpc) is 2.85. The van der Waals surface area contributed by atoms with Crippen molar-refractivity contribution in [1.82, 2.24) is 9.88 Å². The normalized spacial score (nSPS) is 18.4. The number of methoxy groups -OCH3 is 1. The molecule has 4 heteroatoms. The fourth-order valence-corrected chi connectivity index (χ4v) is 3.15. The highest BCUT2D eigenvalue weighted by Gasteiger charge is 2.29. The minimum atomic E-state index is 0.250. The molecule has 2 aromatic rings. The molecule has 0 bridgehead atoms. The molecule has 1 aliphatic heterocycles. The number of likely N-dealkylation sites (tertiary alicyclic amines) is 1. The molecule has 1 fully saturated rings. The fourth-order valence-electron chi connectivity index (χ4n) is 3.15. The van der Waals surface area contributed by atoms with Crippen LogP contribution in [0.3, 0.4) is 0 Å². The monoisotopic (exact) mass is 298 g/mol. The van der Waals surface area contributed by atoms with E-state index in [0.717, 1.165) is 24.2 Å². The number of carbonyl (C=O) groups is 1. The molecule has 1 aromatic carbocycles. The lowest BCUT2D eigenvalue weighted by Gasteiger charge is -2.16. The van der Waals surface area contributed by atoms with Crippen molar-refractivity contribution in [3.8, 4) is 0 Å². The van der Waals surface area contributed by atoms with Crippen molar-refractivity contribution in [3.63, 3.8) is 0 Å². The zero-order valence-corrected chi connectivity index (χ0v) is 13.2. The van der Waals surface area contributed by atoms with Crippen LogP contribution in [-0.2, 0) is 16.0 Å². The van der Waals surface area contributed by atoms with Gasteiger partial charge in [0.2, 0.25) is 5.91 Å². The van der Waals surface area contributed by atoms with E-state index >= 15 is 0 Å². The molecular weight excluding hydrogens is 276 g/mol. The Balaban J connectivity index is 1.68. The maximum atomic E-state index is 12.0. The van der Waals surface area contributed by atoms with E-state index in [1.807, 2.05) is 17.9 Å². The summed E-state index contributed by atoms with van der Waals surface area (Å²) in [4.78, 5) is 18.4. The Morgan fingerprint density at radius 3 is 3.00 bits per heavy atom. The van der Waals surface area contributed by atoms with Gasteiger partial charge in [-0.25, -0.2) is 0 Å². The van der Waals surface area contributed by atoms with Crippen molar-refractivity contribution in [3.05, 3.63) is 41.6 Å². The number of rotatable bonds is 5. The molecule has 0 unspecified atom stereocenters. The summed E-state index contributed by atoms with van der Waals surface area (Å²) in [6.45, 7) is 4.16. The predicted molar refractivity (Wildman–Crippen MR) is 86.7 cm³/mol. The van der Waals surface area contributed by atoms with E-state index < -0.39 is 0 Å². The number of ether oxygens (including phenoxy) is 1. The van der Waals surface area contributed by atoms with Crippen LogP contribution in [0.2, 0.25) is 0 Å². The highest BCUT2D eigenvalue weighted by atomic mass is 16.5. The maximum Gasteiger partial charge on any atom is 0.223 e. The zero-order valence-electron chi connectivity index (χ0n) is 13.2. The van der Waals surface area contributed by atoms with Gasteiger partial charge in [-0.2, -0.15) is 0 Å². The highest BCUT2D eigenvalue weighted by Crippen LogP contribution is 2.23. The Labute approximate surface area is 131 Å². The molecule has 1 saturated heterocycles. The molecule has 22 heavy (non-hydrogen) atoms. The Morgan fingerprint density at radius 2 is 2.18 bits per heavy atom. The summed E-state index contributed by atoms with van der Waals surface area (Å²) in [7, 11) is 1.67. The van der Waals surface area contributed by atoms with Crippen LogP contribution in [-0.4, -0.2) is 42.6 Å². The van der Waals surface area contributed by atoms with E-state index in [-0.39, 0.29) is 5.91 Å². The number of aromatic nitrogens is 1. The molecule has 3 rings (SSSR count). The molecular formula is C18H22N2O2. The van der Waals surface area contributed by atoms with E-state index in [1.165, 1.54) is 10.9 Å². The molecule has 0 N–H and O–H groups in total. The Hall–Kier alpha value is -1.94. The van der Waals surface area contributed by atoms with Crippen LogP contribution >= 0.6 is 0 Å². The van der Waals surface area contributed by atoms with Gasteiger partial charge in [-0.15, -0.1) is 0 Å². The number of benzene rings is 1. The summed E-state index contributed by atoms with van der Waals surface area (Å²) >= 11 is 0. The zero-order chi connectivity index (χ0) is 15.5. The first-order chi connectivity index (χ1) is 10.7. The average molecular weight is 298 g/mol. The Kier molecular flexibility index (Phi) is 4.39. The van der Waals surface area contributed by atoms with Gasteiger partial charge in [-0.05, 0) is 43.0 Å². The summed E-state index contributed by atoms with van der Waals surface area (Å²) in [6, 6.07) is 10.6. The van der Waals surface area contributed by atoms with Gasteiger partial charge in [-0.3, -0.25) is 9.78 Å². The van der Waals surface area contributed by atoms with E-state index in [0.29, 0.717) is 25.5 Å². The third-order valence-corrected chi connectivity index (χ3v) is 4.28. The number of carbonyl (C=O) groups excluding carboxylic acids is 1. The number of hydrogen-bond donors (Lipinski definition) is 0. The largest absolute Gasteiger partial charge is 0.383 e. The van der Waals surface area contributed by atoms with Gasteiger partial charge in [0, 0.05) is 37.7 Å². The van der Waals surface area contributed by atoms with E-state index in [9.17, 15) is 4.79 Å². The summed E-state index contributed by atoms with van der Waals surface area (Å²) in [5, 5.41) is 1.17. The van der Waals surface area contributed by atoms with Gasteiger partial charge in [0.15, 0.2) is 0 Å². The first-order valence-corrected chi connectivity index (χ1v) is 7.78. The van der Waals surface area contributed by atoms with Gasteiger partial charge in [-0.1, -0.05) is 12.1 Å². The topological polar surface area (TPSA) is 42.4 Å². The minimum absolute atomic E-state index is 0.250. The lowest BCUT2D eigenvalue weighted by molar-refractivity contribution is -0.128. The van der Waals surface area contributed by atoms with Crippen LogP contribution in [0.1, 0.15) is 17.7 Å². The van der Waals surface area contributed by atoms with Crippen molar-refractivity contribution in [2.45, 2.75) is 19.8 Å². The van der Waals surface area contributed by atoms with Gasteiger partial charge < -0.3 is 9.64 Å². The number of pyridine rings is 1. The second-order valence-corrected chi connectivity index (χ2v) is 6.09. The van der Waals surface area contributed by atoms with Crippen molar-refractivity contribution in [1.29, 1.82) is 0 Å². The second kappa shape index (κ2) is 6.44. The van der Waals surface area contributed by atoms with Crippen molar-refractivity contribution >= 4 is 16.8 Å². The smallest absolute Gasteiger partial charge is 0.223 e. The van der Waals surface area contributed by atoms with E-state index in [1.54, 1.807) is 7.11 Å². The molecule has 1 aliphatic rings. The molecule has 0 saturated carbocycles. The molecule has 0 spiro atoms. The third-order valence-electron chi connectivity index (χ3n) is 4.28. The molecule has 1 amide bonds. The lowest BCUT2D eigenvalue weighted by Crippen LogP contribution is -2.28. The second-order valence-electron chi connectivity index (χ2n) is 6.09. The number of aryl methyl sites for hydroxylation is 1. The van der Waals surface area contributed by atoms with Crippen LogP contribution in [0.5, 0.6) is 0 Å².